The molecule has 0 amide bonds. The highest BCUT2D eigenvalue weighted by molar-refractivity contribution is 6.24. The highest BCUT2D eigenvalue weighted by atomic mass is 19.4. The zero-order valence-corrected chi connectivity index (χ0v) is 18.1. The third-order valence-corrected chi connectivity index (χ3v) is 6.33. The lowest BCUT2D eigenvalue weighted by atomic mass is 9.64. The summed E-state index contributed by atoms with van der Waals surface area (Å²) in [5, 5.41) is -0.543. The van der Waals surface area contributed by atoms with Gasteiger partial charge >= 0.3 is 24.2 Å². The van der Waals surface area contributed by atoms with Crippen molar-refractivity contribution in [3.8, 4) is 0 Å². The molecule has 37 heavy (non-hydrogen) atoms. The van der Waals surface area contributed by atoms with Gasteiger partial charge in [0.25, 0.3) is 0 Å². The Morgan fingerprint density at radius 1 is 0.622 bits per heavy atom. The van der Waals surface area contributed by atoms with Crippen LogP contribution in [0.3, 0.4) is 0 Å². The standard InChI is InChI=1S/C24H12F10O3/c1-10-14-5-3-12(7-16(14)11(2)37-10)20(21(25,26)23(29,30)31,22(27,28)24(32,33)34)13-4-6-15-17(8-13)19(36)9-18(15)35/h3-8H,1-2,9H2. The quantitative estimate of drug-likeness (QED) is 0.316. The van der Waals surface area contributed by atoms with Crippen molar-refractivity contribution in [2.24, 2.45) is 0 Å². The molecule has 0 saturated carbocycles. The van der Waals surface area contributed by atoms with Gasteiger partial charge in [0.05, 0.1) is 6.42 Å². The van der Waals surface area contributed by atoms with Crippen LogP contribution in [0.2, 0.25) is 0 Å². The van der Waals surface area contributed by atoms with E-state index in [2.05, 4.69) is 13.2 Å². The van der Waals surface area contributed by atoms with E-state index in [1.807, 2.05) is 0 Å². The molecule has 13 heteroatoms. The number of carbonyl (C=O) groups is 2. The Kier molecular flexibility index (Phi) is 5.49. The Labute approximate surface area is 199 Å². The van der Waals surface area contributed by atoms with Crippen LogP contribution in [0.25, 0.3) is 23.9 Å². The highest BCUT2D eigenvalue weighted by Crippen LogP contribution is 2.64. The number of alkyl halides is 10. The van der Waals surface area contributed by atoms with Crippen LogP contribution >= 0.6 is 0 Å². The van der Waals surface area contributed by atoms with Crippen molar-refractivity contribution in [3.05, 3.63) is 69.5 Å². The molecule has 2 aromatic carbocycles. The second kappa shape index (κ2) is 7.68. The van der Waals surface area contributed by atoms with E-state index >= 15 is 17.6 Å². The number of fused-ring (bicyclic) bond motifs is 2. The van der Waals surface area contributed by atoms with Crippen LogP contribution in [-0.2, 0) is 5.41 Å². The molecule has 0 unspecified atom stereocenters. The van der Waals surface area contributed by atoms with Gasteiger partial charge in [-0.3, -0.25) is 9.59 Å². The molecule has 196 valence electrons. The topological polar surface area (TPSA) is 47.3 Å². The smallest absolute Gasteiger partial charge is 0.454 e. The Balaban J connectivity index is 2.27. The average Bonchev–Trinajstić information content (AvgIpc) is 3.21. The van der Waals surface area contributed by atoms with Gasteiger partial charge in [-0.15, -0.1) is 0 Å². The number of Topliss-reactive ketones (excluding diaryl/α,β-unsaturated/α-hetero) is 2. The van der Waals surface area contributed by atoms with Crippen LogP contribution in [0.4, 0.5) is 43.9 Å². The van der Waals surface area contributed by atoms with Crippen LogP contribution < -0.4 is 10.8 Å². The van der Waals surface area contributed by atoms with Gasteiger partial charge in [0.1, 0.15) is 10.8 Å². The van der Waals surface area contributed by atoms with E-state index in [0.717, 1.165) is 0 Å². The van der Waals surface area contributed by atoms with Crippen molar-refractivity contribution in [2.45, 2.75) is 36.0 Å². The van der Waals surface area contributed by atoms with Crippen molar-refractivity contribution >= 4 is 35.5 Å². The molecular formula is C24H12F10O3. The Hall–Kier alpha value is -3.64. The average molecular weight is 538 g/mol. The van der Waals surface area contributed by atoms with Gasteiger partial charge < -0.3 is 4.42 Å². The molecule has 0 aliphatic heterocycles. The van der Waals surface area contributed by atoms with E-state index in [0.29, 0.717) is 12.1 Å². The number of benzene rings is 2. The van der Waals surface area contributed by atoms with Crippen molar-refractivity contribution < 1.29 is 57.9 Å². The van der Waals surface area contributed by atoms with Gasteiger partial charge in [-0.05, 0) is 23.3 Å². The summed E-state index contributed by atoms with van der Waals surface area (Å²) in [6.45, 7) is 6.76. The summed E-state index contributed by atoms with van der Waals surface area (Å²) >= 11 is 0. The van der Waals surface area contributed by atoms with Crippen LogP contribution in [-0.4, -0.2) is 35.8 Å². The van der Waals surface area contributed by atoms with E-state index in [4.69, 9.17) is 4.42 Å². The van der Waals surface area contributed by atoms with E-state index in [-0.39, 0.29) is 35.1 Å². The Morgan fingerprint density at radius 2 is 1.08 bits per heavy atom. The molecule has 0 spiro atoms. The van der Waals surface area contributed by atoms with Crippen molar-refractivity contribution in [2.75, 3.05) is 0 Å². The molecule has 0 fully saturated rings. The van der Waals surface area contributed by atoms with Gasteiger partial charge in [0.15, 0.2) is 17.0 Å². The summed E-state index contributed by atoms with van der Waals surface area (Å²) in [5.41, 5.74) is -11.2. The van der Waals surface area contributed by atoms with E-state index in [1.165, 1.54) is 0 Å². The van der Waals surface area contributed by atoms with Crippen LogP contribution in [0.5, 0.6) is 0 Å². The zero-order valence-electron chi connectivity index (χ0n) is 18.1. The third-order valence-electron chi connectivity index (χ3n) is 6.33. The maximum absolute atomic E-state index is 15.4. The first-order valence-corrected chi connectivity index (χ1v) is 10.1. The lowest BCUT2D eigenvalue weighted by molar-refractivity contribution is -0.375. The molecule has 0 radical (unpaired) electrons. The number of hydrogen-bond donors (Lipinski definition) is 0. The molecule has 1 aliphatic rings. The van der Waals surface area contributed by atoms with Crippen molar-refractivity contribution in [1.29, 1.82) is 0 Å². The minimum atomic E-state index is -6.95. The predicted molar refractivity (Wildman–Crippen MR) is 109 cm³/mol. The Bertz CT molecular complexity index is 1530. The lowest BCUT2D eigenvalue weighted by Crippen LogP contribution is -2.68. The fourth-order valence-electron chi connectivity index (χ4n) is 4.61. The molecule has 1 heterocycles. The summed E-state index contributed by atoms with van der Waals surface area (Å²) in [5.74, 6) is -15.6. The van der Waals surface area contributed by atoms with Crippen molar-refractivity contribution in [3.63, 3.8) is 0 Å². The van der Waals surface area contributed by atoms with Gasteiger partial charge in [-0.25, -0.2) is 0 Å². The number of carbonyl (C=O) groups excluding carboxylic acids is 2. The lowest BCUT2D eigenvalue weighted by Gasteiger charge is -2.46. The highest BCUT2D eigenvalue weighted by Gasteiger charge is 2.85. The summed E-state index contributed by atoms with van der Waals surface area (Å²) in [7, 11) is 0. The van der Waals surface area contributed by atoms with Gasteiger partial charge in [0, 0.05) is 21.9 Å². The number of furan rings is 1. The largest absolute Gasteiger partial charge is 0.457 e. The molecule has 1 aromatic heterocycles. The van der Waals surface area contributed by atoms with Crippen LogP contribution in [0.1, 0.15) is 38.3 Å². The molecule has 0 bridgehead atoms. The zero-order chi connectivity index (χ0) is 27.9. The number of hydrogen-bond acceptors (Lipinski definition) is 3. The second-order valence-electron chi connectivity index (χ2n) is 8.39. The molecule has 3 aromatic rings. The monoisotopic (exact) mass is 538 g/mol. The molecule has 0 atom stereocenters. The fraction of sp³-hybridized carbons (Fsp3) is 0.250. The van der Waals surface area contributed by atoms with Crippen LogP contribution in [0, 0.1) is 0 Å². The summed E-state index contributed by atoms with van der Waals surface area (Å²) < 4.78 is 149. The SMILES string of the molecule is C=c1oc(=C)c2cc(C(c3ccc4c(c3)C(=O)CC4=O)(C(F)(F)C(F)(F)F)C(F)(F)C(F)(F)F)ccc12. The molecule has 0 saturated heterocycles. The molecule has 0 N–H and O–H groups in total. The van der Waals surface area contributed by atoms with Gasteiger partial charge in [-0.2, -0.15) is 43.9 Å². The normalized spacial score (nSPS) is 15.5. The first-order chi connectivity index (χ1) is 16.8. The molecule has 4 rings (SSSR count). The van der Waals surface area contributed by atoms with Gasteiger partial charge in [-0.1, -0.05) is 37.4 Å². The maximum atomic E-state index is 15.4. The predicted octanol–water partition coefficient (Wildman–Crippen LogP) is 5.70. The minimum absolute atomic E-state index is 0.0549. The fourth-order valence-corrected chi connectivity index (χ4v) is 4.61. The summed E-state index contributed by atoms with van der Waals surface area (Å²) in [4.78, 5) is 24.0. The molecule has 1 aliphatic carbocycles. The van der Waals surface area contributed by atoms with Gasteiger partial charge in [0.2, 0.25) is 0 Å². The maximum Gasteiger partial charge on any atom is 0.454 e. The number of halogens is 10. The minimum Gasteiger partial charge on any atom is -0.457 e. The Morgan fingerprint density at radius 3 is 1.62 bits per heavy atom. The van der Waals surface area contributed by atoms with E-state index in [1.54, 1.807) is 0 Å². The first-order valence-electron chi connectivity index (χ1n) is 10.1. The van der Waals surface area contributed by atoms with Crippen LogP contribution in [0.15, 0.2) is 40.8 Å². The van der Waals surface area contributed by atoms with E-state index < -0.39 is 80.7 Å². The first kappa shape index (κ1) is 26.4. The molecular weight excluding hydrogens is 526 g/mol. The number of ketones is 2. The molecule has 3 nitrogen and oxygen atoms in total. The number of rotatable bonds is 4. The third kappa shape index (κ3) is 3.35. The van der Waals surface area contributed by atoms with Crippen molar-refractivity contribution in [1.82, 2.24) is 0 Å². The summed E-state index contributed by atoms with van der Waals surface area (Å²) in [6, 6.07) is 1.86. The van der Waals surface area contributed by atoms with E-state index in [9.17, 15) is 35.9 Å². The second-order valence-corrected chi connectivity index (χ2v) is 8.39. The summed E-state index contributed by atoms with van der Waals surface area (Å²) in [6.07, 6.45) is -14.8.